The molecule has 1 aliphatic heterocycles. The van der Waals surface area contributed by atoms with Crippen LogP contribution in [0.3, 0.4) is 0 Å². The van der Waals surface area contributed by atoms with Crippen molar-refractivity contribution in [3.8, 4) is 0 Å². The maximum absolute atomic E-state index is 9.80. The van der Waals surface area contributed by atoms with Gasteiger partial charge < -0.3 is 14.6 Å². The quantitative estimate of drug-likeness (QED) is 0.709. The molecule has 0 aromatic heterocycles. The molecule has 0 spiro atoms. The second-order valence-corrected chi connectivity index (χ2v) is 5.39. The Balaban J connectivity index is 2.07. The second-order valence-electron chi connectivity index (χ2n) is 4.17. The average molecular weight is 249 g/mol. The zero-order chi connectivity index (χ0) is 11.8. The molecule has 2 unspecified atom stereocenters. The number of aliphatic hydroxyl groups is 1. The van der Waals surface area contributed by atoms with Crippen LogP contribution < -0.4 is 0 Å². The van der Waals surface area contributed by atoms with Crippen molar-refractivity contribution in [3.63, 3.8) is 0 Å². The molecule has 0 aromatic carbocycles. The van der Waals surface area contributed by atoms with Gasteiger partial charge in [-0.05, 0) is 6.92 Å². The van der Waals surface area contributed by atoms with Crippen LogP contribution in [0.4, 0.5) is 0 Å². The normalized spacial score (nSPS) is 21.9. The fourth-order valence-electron chi connectivity index (χ4n) is 1.69. The SMILES string of the molecule is COCC(C)OCC(O)CN1CCSCC1. The summed E-state index contributed by atoms with van der Waals surface area (Å²) in [6.07, 6.45) is -0.334. The minimum Gasteiger partial charge on any atom is -0.389 e. The molecule has 0 amide bonds. The van der Waals surface area contributed by atoms with E-state index < -0.39 is 0 Å². The number of hydrogen-bond acceptors (Lipinski definition) is 5. The second kappa shape index (κ2) is 8.31. The van der Waals surface area contributed by atoms with Gasteiger partial charge in [0.15, 0.2) is 0 Å². The zero-order valence-corrected chi connectivity index (χ0v) is 11.0. The molecule has 1 heterocycles. The molecule has 96 valence electrons. The van der Waals surface area contributed by atoms with E-state index in [1.165, 1.54) is 11.5 Å². The summed E-state index contributed by atoms with van der Waals surface area (Å²) >= 11 is 1.98. The molecule has 2 atom stereocenters. The van der Waals surface area contributed by atoms with E-state index >= 15 is 0 Å². The van der Waals surface area contributed by atoms with Crippen LogP contribution in [0.15, 0.2) is 0 Å². The minimum absolute atomic E-state index is 0.0524. The highest BCUT2D eigenvalue weighted by molar-refractivity contribution is 7.99. The van der Waals surface area contributed by atoms with Crippen molar-refractivity contribution in [3.05, 3.63) is 0 Å². The van der Waals surface area contributed by atoms with Gasteiger partial charge in [0.25, 0.3) is 0 Å². The molecule has 1 N–H and O–H groups in total. The fraction of sp³-hybridized carbons (Fsp3) is 1.00. The number of aliphatic hydroxyl groups excluding tert-OH is 1. The summed E-state index contributed by atoms with van der Waals surface area (Å²) in [4.78, 5) is 2.30. The lowest BCUT2D eigenvalue weighted by atomic mass is 10.3. The van der Waals surface area contributed by atoms with Crippen LogP contribution in [0.2, 0.25) is 0 Å². The Bertz CT molecular complexity index is 177. The Labute approximate surface area is 102 Å². The van der Waals surface area contributed by atoms with Gasteiger partial charge in [-0.25, -0.2) is 0 Å². The molecule has 0 radical (unpaired) electrons. The number of ether oxygens (including phenoxy) is 2. The van der Waals surface area contributed by atoms with Crippen LogP contribution >= 0.6 is 11.8 Å². The molecule has 5 heteroatoms. The first-order valence-corrected chi connectivity index (χ1v) is 6.96. The summed E-state index contributed by atoms with van der Waals surface area (Å²) in [6.45, 7) is 5.81. The highest BCUT2D eigenvalue weighted by Gasteiger charge is 2.15. The fourth-order valence-corrected chi connectivity index (χ4v) is 2.67. The van der Waals surface area contributed by atoms with Gasteiger partial charge >= 0.3 is 0 Å². The standard InChI is InChI=1S/C11H23NO3S/c1-10(8-14-2)15-9-11(13)7-12-3-5-16-6-4-12/h10-11,13H,3-9H2,1-2H3. The number of β-amino-alcohol motifs (C(OH)–C–C–N with tert-alkyl or cyclic N) is 1. The first-order chi connectivity index (χ1) is 7.72. The first kappa shape index (κ1) is 14.3. The number of thioether (sulfide) groups is 1. The molecular formula is C11H23NO3S. The third-order valence-electron chi connectivity index (χ3n) is 2.55. The van der Waals surface area contributed by atoms with E-state index in [4.69, 9.17) is 9.47 Å². The molecule has 1 rings (SSSR count). The van der Waals surface area contributed by atoms with Crippen LogP contribution in [0.5, 0.6) is 0 Å². The van der Waals surface area contributed by atoms with Crippen LogP contribution in [0.1, 0.15) is 6.92 Å². The third-order valence-corrected chi connectivity index (χ3v) is 3.49. The lowest BCUT2D eigenvalue weighted by Gasteiger charge is -2.28. The summed E-state index contributed by atoms with van der Waals surface area (Å²) in [5.74, 6) is 2.35. The smallest absolute Gasteiger partial charge is 0.0900 e. The average Bonchev–Trinajstić information content (AvgIpc) is 2.28. The van der Waals surface area contributed by atoms with Crippen molar-refractivity contribution < 1.29 is 14.6 Å². The molecule has 0 aromatic rings. The topological polar surface area (TPSA) is 41.9 Å². The summed E-state index contributed by atoms with van der Waals surface area (Å²) in [5, 5.41) is 9.80. The van der Waals surface area contributed by atoms with E-state index in [1.54, 1.807) is 7.11 Å². The van der Waals surface area contributed by atoms with Gasteiger partial charge in [0.2, 0.25) is 0 Å². The van der Waals surface area contributed by atoms with E-state index in [2.05, 4.69) is 4.90 Å². The van der Waals surface area contributed by atoms with E-state index in [1.807, 2.05) is 18.7 Å². The molecule has 0 saturated carbocycles. The largest absolute Gasteiger partial charge is 0.389 e. The van der Waals surface area contributed by atoms with Crippen LogP contribution in [0.25, 0.3) is 0 Å². The van der Waals surface area contributed by atoms with E-state index in [0.717, 1.165) is 19.6 Å². The summed E-state index contributed by atoms with van der Waals surface area (Å²) in [6, 6.07) is 0. The highest BCUT2D eigenvalue weighted by Crippen LogP contribution is 2.09. The summed E-state index contributed by atoms with van der Waals surface area (Å²) in [7, 11) is 1.65. The Kier molecular flexibility index (Phi) is 7.40. The van der Waals surface area contributed by atoms with Crippen molar-refractivity contribution in [2.75, 3.05) is 51.5 Å². The summed E-state index contributed by atoms with van der Waals surface area (Å²) in [5.41, 5.74) is 0. The number of methoxy groups -OCH3 is 1. The highest BCUT2D eigenvalue weighted by atomic mass is 32.2. The molecule has 16 heavy (non-hydrogen) atoms. The zero-order valence-electron chi connectivity index (χ0n) is 10.2. The molecule has 1 saturated heterocycles. The Morgan fingerprint density at radius 3 is 2.62 bits per heavy atom. The third kappa shape index (κ3) is 6.06. The molecule has 1 fully saturated rings. The lowest BCUT2D eigenvalue weighted by molar-refractivity contribution is -0.0390. The predicted molar refractivity (Wildman–Crippen MR) is 67.1 cm³/mol. The molecule has 0 aliphatic carbocycles. The maximum Gasteiger partial charge on any atom is 0.0900 e. The maximum atomic E-state index is 9.80. The van der Waals surface area contributed by atoms with Gasteiger partial charge in [0.1, 0.15) is 0 Å². The molecule has 4 nitrogen and oxygen atoms in total. The van der Waals surface area contributed by atoms with Gasteiger partial charge in [-0.1, -0.05) is 0 Å². The van der Waals surface area contributed by atoms with Crippen LogP contribution in [0, 0.1) is 0 Å². The predicted octanol–water partition coefficient (Wildman–Crippen LogP) is 0.448. The van der Waals surface area contributed by atoms with Crippen molar-refractivity contribution in [1.29, 1.82) is 0 Å². The first-order valence-electron chi connectivity index (χ1n) is 5.81. The number of rotatable bonds is 7. The van der Waals surface area contributed by atoms with E-state index in [-0.39, 0.29) is 12.2 Å². The van der Waals surface area contributed by atoms with Crippen molar-refractivity contribution >= 4 is 11.8 Å². The van der Waals surface area contributed by atoms with Crippen LogP contribution in [-0.2, 0) is 9.47 Å². The lowest BCUT2D eigenvalue weighted by Crippen LogP contribution is -2.40. The molecular weight excluding hydrogens is 226 g/mol. The molecule has 1 aliphatic rings. The number of nitrogens with zero attached hydrogens (tertiary/aromatic N) is 1. The monoisotopic (exact) mass is 249 g/mol. The summed E-state index contributed by atoms with van der Waals surface area (Å²) < 4.78 is 10.4. The van der Waals surface area contributed by atoms with Gasteiger partial charge in [-0.15, -0.1) is 0 Å². The Morgan fingerprint density at radius 2 is 2.00 bits per heavy atom. The Hall–Kier alpha value is 0.190. The van der Waals surface area contributed by atoms with Crippen molar-refractivity contribution in [1.82, 2.24) is 4.90 Å². The Morgan fingerprint density at radius 1 is 1.31 bits per heavy atom. The van der Waals surface area contributed by atoms with Gasteiger partial charge in [-0.2, -0.15) is 11.8 Å². The van der Waals surface area contributed by atoms with Gasteiger partial charge in [-0.3, -0.25) is 4.90 Å². The minimum atomic E-state index is -0.387. The van der Waals surface area contributed by atoms with Gasteiger partial charge in [0.05, 0.1) is 25.4 Å². The van der Waals surface area contributed by atoms with E-state index in [9.17, 15) is 5.11 Å². The molecule has 0 bridgehead atoms. The van der Waals surface area contributed by atoms with Gasteiger partial charge in [0, 0.05) is 38.2 Å². The van der Waals surface area contributed by atoms with E-state index in [0.29, 0.717) is 13.2 Å². The van der Waals surface area contributed by atoms with Crippen molar-refractivity contribution in [2.45, 2.75) is 19.1 Å². The van der Waals surface area contributed by atoms with Crippen molar-refractivity contribution in [2.24, 2.45) is 0 Å². The number of hydrogen-bond donors (Lipinski definition) is 1. The van der Waals surface area contributed by atoms with Crippen LogP contribution in [-0.4, -0.2) is 73.7 Å².